The van der Waals surface area contributed by atoms with Crippen molar-refractivity contribution < 1.29 is 0 Å². The molecule has 1 heterocycles. The van der Waals surface area contributed by atoms with Gasteiger partial charge in [-0.15, -0.1) is 0 Å². The van der Waals surface area contributed by atoms with Crippen molar-refractivity contribution in [1.82, 2.24) is 4.98 Å². The molecule has 3 heteroatoms. The first-order valence-corrected chi connectivity index (χ1v) is 6.54. The third kappa shape index (κ3) is 2.91. The minimum absolute atomic E-state index is 0.661. The maximum atomic E-state index is 8.95. The highest BCUT2D eigenvalue weighted by molar-refractivity contribution is 7.99. The topological polar surface area (TPSA) is 36.7 Å². The van der Waals surface area contributed by atoms with Gasteiger partial charge in [-0.3, -0.25) is 0 Å². The van der Waals surface area contributed by atoms with Crippen LogP contribution in [-0.2, 0) is 0 Å². The molecule has 0 bridgehead atoms. The normalized spacial score (nSPS) is 10.1. The van der Waals surface area contributed by atoms with Crippen molar-refractivity contribution >= 4 is 11.8 Å². The molecule has 0 saturated carbocycles. The summed E-state index contributed by atoms with van der Waals surface area (Å²) in [4.78, 5) is 5.59. The van der Waals surface area contributed by atoms with Gasteiger partial charge in [-0.05, 0) is 56.2 Å². The van der Waals surface area contributed by atoms with E-state index in [4.69, 9.17) is 5.26 Å². The fraction of sp³-hybridized carbons (Fsp3) is 0.200. The van der Waals surface area contributed by atoms with E-state index in [1.54, 1.807) is 17.8 Å². The monoisotopic (exact) mass is 254 g/mol. The highest BCUT2D eigenvalue weighted by Gasteiger charge is 2.03. The van der Waals surface area contributed by atoms with Crippen LogP contribution in [0.5, 0.6) is 0 Å². The molecule has 0 radical (unpaired) electrons. The molecule has 0 fully saturated rings. The van der Waals surface area contributed by atoms with Gasteiger partial charge in [0.2, 0.25) is 0 Å². The van der Waals surface area contributed by atoms with Crippen molar-refractivity contribution in [3.8, 4) is 6.07 Å². The van der Waals surface area contributed by atoms with Gasteiger partial charge in [0.05, 0.1) is 11.6 Å². The zero-order valence-electron chi connectivity index (χ0n) is 10.7. The van der Waals surface area contributed by atoms with Crippen molar-refractivity contribution in [2.24, 2.45) is 0 Å². The Bertz CT molecular complexity index is 627. The van der Waals surface area contributed by atoms with E-state index in [-0.39, 0.29) is 0 Å². The summed E-state index contributed by atoms with van der Waals surface area (Å²) in [6.07, 6.45) is 0. The molecule has 0 spiro atoms. The van der Waals surface area contributed by atoms with E-state index in [0.29, 0.717) is 5.56 Å². The van der Waals surface area contributed by atoms with Gasteiger partial charge in [-0.25, -0.2) is 4.98 Å². The summed E-state index contributed by atoms with van der Waals surface area (Å²) in [6, 6.07) is 12.1. The number of hydrogen-bond acceptors (Lipinski definition) is 3. The standard InChI is InChI=1S/C15H14N2S/c1-10-4-5-14(6-11(10)2)18-15-8-13(9-16)7-12(3)17-15/h4-8H,1-3H3. The van der Waals surface area contributed by atoms with E-state index in [1.807, 2.05) is 13.0 Å². The average Bonchev–Trinajstić information content (AvgIpc) is 2.33. The first-order chi connectivity index (χ1) is 8.58. The molecule has 2 nitrogen and oxygen atoms in total. The molecule has 0 N–H and O–H groups in total. The summed E-state index contributed by atoms with van der Waals surface area (Å²) in [6.45, 7) is 6.11. The van der Waals surface area contributed by atoms with Crippen molar-refractivity contribution in [3.05, 3.63) is 52.7 Å². The second kappa shape index (κ2) is 5.24. The first kappa shape index (κ1) is 12.7. The van der Waals surface area contributed by atoms with Crippen LogP contribution in [0.2, 0.25) is 0 Å². The Kier molecular flexibility index (Phi) is 3.69. The molecule has 2 aromatic rings. The average molecular weight is 254 g/mol. The predicted octanol–water partition coefficient (Wildman–Crippen LogP) is 4.03. The quantitative estimate of drug-likeness (QED) is 0.812. The minimum Gasteiger partial charge on any atom is -0.246 e. The third-order valence-electron chi connectivity index (χ3n) is 2.76. The number of rotatable bonds is 2. The van der Waals surface area contributed by atoms with Gasteiger partial charge in [0, 0.05) is 10.6 Å². The van der Waals surface area contributed by atoms with Crippen molar-refractivity contribution in [1.29, 1.82) is 5.26 Å². The molecule has 0 aliphatic rings. The van der Waals surface area contributed by atoms with Gasteiger partial charge in [-0.2, -0.15) is 5.26 Å². The number of benzene rings is 1. The molecule has 1 aromatic carbocycles. The van der Waals surface area contributed by atoms with Gasteiger partial charge in [-0.1, -0.05) is 17.8 Å². The van der Waals surface area contributed by atoms with Crippen LogP contribution in [0.25, 0.3) is 0 Å². The third-order valence-corrected chi connectivity index (χ3v) is 3.67. The van der Waals surface area contributed by atoms with Gasteiger partial charge >= 0.3 is 0 Å². The summed E-state index contributed by atoms with van der Waals surface area (Å²) >= 11 is 1.59. The van der Waals surface area contributed by atoms with Crippen LogP contribution >= 0.6 is 11.8 Å². The lowest BCUT2D eigenvalue weighted by molar-refractivity contribution is 1.06. The Morgan fingerprint density at radius 1 is 1.06 bits per heavy atom. The van der Waals surface area contributed by atoms with Gasteiger partial charge in [0.15, 0.2) is 0 Å². The molecule has 18 heavy (non-hydrogen) atoms. The Hall–Kier alpha value is -1.79. The smallest absolute Gasteiger partial charge is 0.102 e. The highest BCUT2D eigenvalue weighted by Crippen LogP contribution is 2.28. The number of nitriles is 1. The van der Waals surface area contributed by atoms with Crippen LogP contribution in [0.3, 0.4) is 0 Å². The fourth-order valence-corrected chi connectivity index (χ4v) is 2.64. The summed E-state index contributed by atoms with van der Waals surface area (Å²) in [7, 11) is 0. The molecule has 0 aliphatic carbocycles. The maximum absolute atomic E-state index is 8.95. The molecular formula is C15H14N2S. The lowest BCUT2D eigenvalue weighted by Gasteiger charge is -2.05. The zero-order valence-corrected chi connectivity index (χ0v) is 11.5. The Labute approximate surface area is 112 Å². The number of pyridine rings is 1. The SMILES string of the molecule is Cc1cc(C#N)cc(Sc2ccc(C)c(C)c2)n1. The van der Waals surface area contributed by atoms with Crippen molar-refractivity contribution in [2.75, 3.05) is 0 Å². The summed E-state index contributed by atoms with van der Waals surface area (Å²) in [5.74, 6) is 0. The van der Waals surface area contributed by atoms with E-state index >= 15 is 0 Å². The lowest BCUT2D eigenvalue weighted by atomic mass is 10.1. The molecule has 0 atom stereocenters. The van der Waals surface area contributed by atoms with E-state index < -0.39 is 0 Å². The van der Waals surface area contributed by atoms with Gasteiger partial charge in [0.1, 0.15) is 5.03 Å². The van der Waals surface area contributed by atoms with Crippen LogP contribution in [0.15, 0.2) is 40.3 Å². The largest absolute Gasteiger partial charge is 0.246 e. The van der Waals surface area contributed by atoms with E-state index in [0.717, 1.165) is 15.6 Å². The fourth-order valence-electron chi connectivity index (χ4n) is 1.65. The number of aryl methyl sites for hydroxylation is 3. The number of nitrogens with zero attached hydrogens (tertiary/aromatic N) is 2. The molecule has 0 amide bonds. The maximum Gasteiger partial charge on any atom is 0.102 e. The molecule has 1 aromatic heterocycles. The van der Waals surface area contributed by atoms with Crippen LogP contribution in [0.4, 0.5) is 0 Å². The summed E-state index contributed by atoms with van der Waals surface area (Å²) < 4.78 is 0. The summed E-state index contributed by atoms with van der Waals surface area (Å²) in [5, 5.41) is 9.82. The zero-order chi connectivity index (χ0) is 13.1. The van der Waals surface area contributed by atoms with Crippen LogP contribution in [0.1, 0.15) is 22.4 Å². The van der Waals surface area contributed by atoms with Crippen LogP contribution in [0, 0.1) is 32.1 Å². The predicted molar refractivity (Wildman–Crippen MR) is 73.7 cm³/mol. The minimum atomic E-state index is 0.661. The Balaban J connectivity index is 2.31. The molecule has 0 saturated heterocycles. The second-order valence-electron chi connectivity index (χ2n) is 4.30. The van der Waals surface area contributed by atoms with Gasteiger partial charge in [0.25, 0.3) is 0 Å². The van der Waals surface area contributed by atoms with Crippen molar-refractivity contribution in [2.45, 2.75) is 30.7 Å². The number of hydrogen-bond donors (Lipinski definition) is 0. The molecule has 0 unspecified atom stereocenters. The van der Waals surface area contributed by atoms with Crippen LogP contribution in [-0.4, -0.2) is 4.98 Å². The number of aromatic nitrogens is 1. The molecule has 90 valence electrons. The van der Waals surface area contributed by atoms with E-state index in [9.17, 15) is 0 Å². The second-order valence-corrected chi connectivity index (χ2v) is 5.39. The lowest BCUT2D eigenvalue weighted by Crippen LogP contribution is -1.88. The van der Waals surface area contributed by atoms with E-state index in [1.165, 1.54) is 11.1 Å². The van der Waals surface area contributed by atoms with Crippen molar-refractivity contribution in [3.63, 3.8) is 0 Å². The van der Waals surface area contributed by atoms with Crippen LogP contribution < -0.4 is 0 Å². The van der Waals surface area contributed by atoms with E-state index in [2.05, 4.69) is 43.1 Å². The Morgan fingerprint density at radius 2 is 1.83 bits per heavy atom. The van der Waals surface area contributed by atoms with Gasteiger partial charge < -0.3 is 0 Å². The first-order valence-electron chi connectivity index (χ1n) is 5.72. The Morgan fingerprint density at radius 3 is 2.50 bits per heavy atom. The highest BCUT2D eigenvalue weighted by atomic mass is 32.2. The molecule has 2 rings (SSSR count). The molecule has 0 aliphatic heterocycles. The molecular weight excluding hydrogens is 240 g/mol. The summed E-state index contributed by atoms with van der Waals surface area (Å²) in [5.41, 5.74) is 4.09.